The summed E-state index contributed by atoms with van der Waals surface area (Å²) in [5.41, 5.74) is 0. The first-order valence-electron chi connectivity index (χ1n) is 9.22. The van der Waals surface area contributed by atoms with Crippen LogP contribution in [0, 0.1) is 0 Å². The third kappa shape index (κ3) is 4.26. The minimum Gasteiger partial charge on any atom is -0.334 e. The van der Waals surface area contributed by atoms with Gasteiger partial charge in [0.15, 0.2) is 0 Å². The van der Waals surface area contributed by atoms with E-state index >= 15 is 0 Å². The molecule has 134 valence electrons. The lowest BCUT2D eigenvalue weighted by Gasteiger charge is -2.40. The summed E-state index contributed by atoms with van der Waals surface area (Å²) in [5.74, 6) is 0.792. The standard InChI is InChI=1S/C17H30N6O/c1-21(12-16-18-13-19-22(16)2)17(24)20-14-7-6-10-23(11-14)15-8-4-3-5-9-15/h13-15H,3-12H2,1-2H3,(H,20,24)/t14-/m0/s1. The van der Waals surface area contributed by atoms with Crippen LogP contribution in [-0.4, -0.2) is 62.8 Å². The number of aromatic nitrogens is 3. The first-order chi connectivity index (χ1) is 11.6. The van der Waals surface area contributed by atoms with E-state index in [0.29, 0.717) is 6.54 Å². The molecule has 7 heteroatoms. The number of urea groups is 1. The average Bonchev–Trinajstić information content (AvgIpc) is 3.00. The Hall–Kier alpha value is -1.63. The second-order valence-corrected chi connectivity index (χ2v) is 7.23. The highest BCUT2D eigenvalue weighted by molar-refractivity contribution is 5.74. The number of amides is 2. The molecular formula is C17H30N6O. The summed E-state index contributed by atoms with van der Waals surface area (Å²) in [6.07, 6.45) is 10.5. The van der Waals surface area contributed by atoms with Gasteiger partial charge in [-0.05, 0) is 32.2 Å². The fraction of sp³-hybridized carbons (Fsp3) is 0.824. The summed E-state index contributed by atoms with van der Waals surface area (Å²) in [7, 11) is 3.66. The highest BCUT2D eigenvalue weighted by atomic mass is 16.2. The average molecular weight is 334 g/mol. The third-order valence-electron chi connectivity index (χ3n) is 5.40. The topological polar surface area (TPSA) is 66.3 Å². The van der Waals surface area contributed by atoms with Crippen molar-refractivity contribution < 1.29 is 4.79 Å². The van der Waals surface area contributed by atoms with E-state index in [1.165, 1.54) is 51.4 Å². The fourth-order valence-corrected chi connectivity index (χ4v) is 3.93. The van der Waals surface area contributed by atoms with Crippen molar-refractivity contribution in [2.45, 2.75) is 63.6 Å². The van der Waals surface area contributed by atoms with Gasteiger partial charge in [-0.15, -0.1) is 0 Å². The van der Waals surface area contributed by atoms with Gasteiger partial charge in [0, 0.05) is 32.7 Å². The number of carbonyl (C=O) groups excluding carboxylic acids is 1. The van der Waals surface area contributed by atoms with Gasteiger partial charge < -0.3 is 10.2 Å². The summed E-state index contributed by atoms with van der Waals surface area (Å²) in [5, 5.41) is 7.25. The number of likely N-dealkylation sites (tertiary alicyclic amines) is 1. The van der Waals surface area contributed by atoms with Gasteiger partial charge in [-0.3, -0.25) is 9.58 Å². The molecule has 1 aromatic rings. The Morgan fingerprint density at radius 1 is 1.29 bits per heavy atom. The Morgan fingerprint density at radius 2 is 2.08 bits per heavy atom. The van der Waals surface area contributed by atoms with E-state index in [1.54, 1.807) is 9.58 Å². The number of hydrogen-bond acceptors (Lipinski definition) is 4. The van der Waals surface area contributed by atoms with E-state index in [-0.39, 0.29) is 12.1 Å². The smallest absolute Gasteiger partial charge is 0.317 e. The molecule has 0 bridgehead atoms. The van der Waals surface area contributed by atoms with Crippen molar-refractivity contribution in [1.82, 2.24) is 29.9 Å². The van der Waals surface area contributed by atoms with E-state index in [4.69, 9.17) is 0 Å². The van der Waals surface area contributed by atoms with Crippen molar-refractivity contribution in [3.05, 3.63) is 12.2 Å². The van der Waals surface area contributed by atoms with Crippen LogP contribution < -0.4 is 5.32 Å². The van der Waals surface area contributed by atoms with Gasteiger partial charge in [0.2, 0.25) is 0 Å². The van der Waals surface area contributed by atoms with Gasteiger partial charge in [-0.25, -0.2) is 9.78 Å². The lowest BCUT2D eigenvalue weighted by Crippen LogP contribution is -2.53. The molecule has 24 heavy (non-hydrogen) atoms. The van der Waals surface area contributed by atoms with Crippen LogP contribution >= 0.6 is 0 Å². The maximum Gasteiger partial charge on any atom is 0.317 e. The van der Waals surface area contributed by atoms with Crippen LogP contribution in [0.5, 0.6) is 0 Å². The van der Waals surface area contributed by atoms with E-state index < -0.39 is 0 Å². The number of piperidine rings is 1. The molecule has 0 spiro atoms. The van der Waals surface area contributed by atoms with Gasteiger partial charge in [0.25, 0.3) is 0 Å². The Morgan fingerprint density at radius 3 is 2.79 bits per heavy atom. The second-order valence-electron chi connectivity index (χ2n) is 7.23. The van der Waals surface area contributed by atoms with Crippen LogP contribution in [-0.2, 0) is 13.6 Å². The van der Waals surface area contributed by atoms with Crippen LogP contribution in [0.2, 0.25) is 0 Å². The Bertz CT molecular complexity index is 539. The molecule has 1 aliphatic carbocycles. The molecule has 2 heterocycles. The number of nitrogens with one attached hydrogen (secondary N) is 1. The minimum atomic E-state index is -0.0199. The largest absolute Gasteiger partial charge is 0.334 e. The first kappa shape index (κ1) is 17.2. The summed E-state index contributed by atoms with van der Waals surface area (Å²) >= 11 is 0. The van der Waals surface area contributed by atoms with E-state index in [0.717, 1.165) is 24.8 Å². The number of aryl methyl sites for hydroxylation is 1. The normalized spacial score (nSPS) is 23.2. The number of nitrogens with zero attached hydrogens (tertiary/aromatic N) is 5. The van der Waals surface area contributed by atoms with E-state index in [2.05, 4.69) is 20.3 Å². The summed E-state index contributed by atoms with van der Waals surface area (Å²) in [6.45, 7) is 2.65. The van der Waals surface area contributed by atoms with Crippen LogP contribution in [0.1, 0.15) is 50.8 Å². The number of hydrogen-bond donors (Lipinski definition) is 1. The molecule has 0 unspecified atom stereocenters. The quantitative estimate of drug-likeness (QED) is 0.911. The molecule has 1 aliphatic heterocycles. The molecule has 1 atom stereocenters. The zero-order chi connectivity index (χ0) is 16.9. The molecule has 2 fully saturated rings. The van der Waals surface area contributed by atoms with Gasteiger partial charge in [-0.2, -0.15) is 5.10 Å². The minimum absolute atomic E-state index is 0.0199. The van der Waals surface area contributed by atoms with Crippen molar-refractivity contribution in [3.63, 3.8) is 0 Å². The first-order valence-corrected chi connectivity index (χ1v) is 9.22. The monoisotopic (exact) mass is 334 g/mol. The third-order valence-corrected chi connectivity index (χ3v) is 5.40. The van der Waals surface area contributed by atoms with Crippen LogP contribution in [0.15, 0.2) is 6.33 Å². The maximum atomic E-state index is 12.5. The molecule has 1 saturated heterocycles. The van der Waals surface area contributed by atoms with Crippen LogP contribution in [0.4, 0.5) is 4.79 Å². The van der Waals surface area contributed by atoms with Crippen LogP contribution in [0.25, 0.3) is 0 Å². The SMILES string of the molecule is CN(Cc1ncnn1C)C(=O)N[C@H]1CCCN(C2CCCCC2)C1. The highest BCUT2D eigenvalue weighted by Gasteiger charge is 2.28. The molecule has 7 nitrogen and oxygen atoms in total. The predicted molar refractivity (Wildman–Crippen MR) is 92.5 cm³/mol. The van der Waals surface area contributed by atoms with E-state index in [1.807, 2.05) is 14.1 Å². The molecule has 2 aliphatic rings. The Labute approximate surface area is 144 Å². The molecule has 1 saturated carbocycles. The summed E-state index contributed by atoms with van der Waals surface area (Å²) in [4.78, 5) is 20.9. The van der Waals surface area contributed by atoms with Crippen molar-refractivity contribution in [1.29, 1.82) is 0 Å². The van der Waals surface area contributed by atoms with Gasteiger partial charge >= 0.3 is 6.03 Å². The Balaban J connectivity index is 1.49. The van der Waals surface area contributed by atoms with Crippen molar-refractivity contribution >= 4 is 6.03 Å². The maximum absolute atomic E-state index is 12.5. The zero-order valence-corrected chi connectivity index (χ0v) is 14.9. The van der Waals surface area contributed by atoms with Crippen molar-refractivity contribution in [2.75, 3.05) is 20.1 Å². The van der Waals surface area contributed by atoms with Crippen LogP contribution in [0.3, 0.4) is 0 Å². The molecule has 0 radical (unpaired) electrons. The Kier molecular flexibility index (Phi) is 5.71. The zero-order valence-electron chi connectivity index (χ0n) is 14.9. The molecule has 3 rings (SSSR count). The number of carbonyl (C=O) groups is 1. The van der Waals surface area contributed by atoms with Gasteiger partial charge in [-0.1, -0.05) is 19.3 Å². The highest BCUT2D eigenvalue weighted by Crippen LogP contribution is 2.25. The van der Waals surface area contributed by atoms with Gasteiger partial charge in [0.05, 0.1) is 6.54 Å². The summed E-state index contributed by atoms with van der Waals surface area (Å²) < 4.78 is 1.70. The molecule has 2 amide bonds. The van der Waals surface area contributed by atoms with Gasteiger partial charge in [0.1, 0.15) is 12.2 Å². The fourth-order valence-electron chi connectivity index (χ4n) is 3.93. The second kappa shape index (κ2) is 7.96. The lowest BCUT2D eigenvalue weighted by atomic mass is 9.92. The molecular weight excluding hydrogens is 304 g/mol. The van der Waals surface area contributed by atoms with E-state index in [9.17, 15) is 4.79 Å². The van der Waals surface area contributed by atoms with Crippen molar-refractivity contribution in [2.24, 2.45) is 7.05 Å². The molecule has 1 N–H and O–H groups in total. The predicted octanol–water partition coefficient (Wildman–Crippen LogP) is 1.75. The molecule has 1 aromatic heterocycles. The number of rotatable bonds is 4. The van der Waals surface area contributed by atoms with Crippen molar-refractivity contribution in [3.8, 4) is 0 Å². The molecule has 0 aromatic carbocycles. The summed E-state index contributed by atoms with van der Waals surface area (Å²) in [6, 6.07) is 0.971. The lowest BCUT2D eigenvalue weighted by molar-refractivity contribution is 0.109.